The van der Waals surface area contributed by atoms with Gasteiger partial charge in [-0.25, -0.2) is 4.79 Å². The van der Waals surface area contributed by atoms with Gasteiger partial charge in [-0.2, -0.15) is 0 Å². The Balaban J connectivity index is 2.87. The van der Waals surface area contributed by atoms with Gasteiger partial charge in [-0.15, -0.1) is 0 Å². The van der Waals surface area contributed by atoms with Crippen LogP contribution in [0, 0.1) is 6.92 Å². The maximum atomic E-state index is 10.8. The lowest BCUT2D eigenvalue weighted by molar-refractivity contribution is -0.145. The third-order valence-electron chi connectivity index (χ3n) is 2.08. The predicted molar refractivity (Wildman–Crippen MR) is 57.9 cm³/mol. The monoisotopic (exact) mass is 209 g/mol. The van der Waals surface area contributed by atoms with E-state index < -0.39 is 12.1 Å². The predicted octanol–water partition coefficient (Wildman–Crippen LogP) is 1.82. The summed E-state index contributed by atoms with van der Waals surface area (Å²) < 4.78 is 5.31. The third kappa shape index (κ3) is 2.87. The standard InChI is InChI=1S/C11H15NO3/c1-3-9(11(13)14)15-10-6-7(2)4-5-8(10)12/h4-6,9H,3,12H2,1-2H3,(H,13,14). The van der Waals surface area contributed by atoms with Crippen LogP contribution >= 0.6 is 0 Å². The van der Waals surface area contributed by atoms with E-state index in [0.29, 0.717) is 17.9 Å². The number of hydrogen-bond donors (Lipinski definition) is 2. The largest absolute Gasteiger partial charge is 0.479 e. The molecule has 0 heterocycles. The second-order valence-electron chi connectivity index (χ2n) is 3.39. The lowest BCUT2D eigenvalue weighted by atomic mass is 10.2. The SMILES string of the molecule is CCC(Oc1cc(C)ccc1N)C(=O)O. The van der Waals surface area contributed by atoms with Crippen molar-refractivity contribution in [3.8, 4) is 5.75 Å². The summed E-state index contributed by atoms with van der Waals surface area (Å²) in [5, 5.41) is 8.83. The minimum atomic E-state index is -0.974. The molecule has 0 aliphatic heterocycles. The number of anilines is 1. The lowest BCUT2D eigenvalue weighted by Gasteiger charge is -2.15. The van der Waals surface area contributed by atoms with Crippen molar-refractivity contribution in [2.45, 2.75) is 26.4 Å². The molecule has 0 aromatic heterocycles. The molecule has 3 N–H and O–H groups in total. The van der Waals surface area contributed by atoms with Gasteiger partial charge in [-0.1, -0.05) is 13.0 Å². The van der Waals surface area contributed by atoms with E-state index in [0.717, 1.165) is 5.56 Å². The lowest BCUT2D eigenvalue weighted by Crippen LogP contribution is -2.26. The van der Waals surface area contributed by atoms with Crippen LogP contribution in [0.3, 0.4) is 0 Å². The Labute approximate surface area is 88.7 Å². The van der Waals surface area contributed by atoms with Crippen molar-refractivity contribution in [3.63, 3.8) is 0 Å². The van der Waals surface area contributed by atoms with E-state index in [1.165, 1.54) is 0 Å². The van der Waals surface area contributed by atoms with Crippen LogP contribution in [0.5, 0.6) is 5.75 Å². The molecule has 1 aromatic rings. The number of aryl methyl sites for hydroxylation is 1. The Bertz CT molecular complexity index is 363. The molecule has 1 unspecified atom stereocenters. The fraction of sp³-hybridized carbons (Fsp3) is 0.364. The van der Waals surface area contributed by atoms with Gasteiger partial charge in [0.05, 0.1) is 5.69 Å². The average Bonchev–Trinajstić information content (AvgIpc) is 2.18. The van der Waals surface area contributed by atoms with Gasteiger partial charge in [0.2, 0.25) is 0 Å². The molecular formula is C11H15NO3. The zero-order valence-corrected chi connectivity index (χ0v) is 8.86. The van der Waals surface area contributed by atoms with E-state index >= 15 is 0 Å². The van der Waals surface area contributed by atoms with Crippen molar-refractivity contribution in [2.24, 2.45) is 0 Å². The molecule has 0 bridgehead atoms. The number of nitrogen functional groups attached to an aromatic ring is 1. The first-order valence-electron chi connectivity index (χ1n) is 4.80. The molecule has 15 heavy (non-hydrogen) atoms. The fourth-order valence-corrected chi connectivity index (χ4v) is 1.21. The molecule has 4 nitrogen and oxygen atoms in total. The molecule has 0 radical (unpaired) electrons. The van der Waals surface area contributed by atoms with Crippen LogP contribution in [-0.4, -0.2) is 17.2 Å². The first kappa shape index (κ1) is 11.4. The van der Waals surface area contributed by atoms with Crippen LogP contribution in [-0.2, 0) is 4.79 Å². The molecule has 1 rings (SSSR count). The van der Waals surface area contributed by atoms with Crippen molar-refractivity contribution in [2.75, 3.05) is 5.73 Å². The fourth-order valence-electron chi connectivity index (χ4n) is 1.21. The van der Waals surface area contributed by atoms with Gasteiger partial charge in [0.1, 0.15) is 5.75 Å². The Morgan fingerprint density at radius 2 is 2.27 bits per heavy atom. The van der Waals surface area contributed by atoms with E-state index in [1.807, 2.05) is 13.0 Å². The van der Waals surface area contributed by atoms with Crippen molar-refractivity contribution >= 4 is 11.7 Å². The molecule has 82 valence electrons. The minimum absolute atomic E-state index is 0.405. The summed E-state index contributed by atoms with van der Waals surface area (Å²) in [5.41, 5.74) is 7.12. The first-order chi connectivity index (χ1) is 7.04. The zero-order valence-electron chi connectivity index (χ0n) is 8.86. The second-order valence-corrected chi connectivity index (χ2v) is 3.39. The second kappa shape index (κ2) is 4.68. The quantitative estimate of drug-likeness (QED) is 0.742. The molecule has 4 heteroatoms. The molecule has 0 saturated heterocycles. The molecular weight excluding hydrogens is 194 g/mol. The highest BCUT2D eigenvalue weighted by Gasteiger charge is 2.17. The summed E-state index contributed by atoms with van der Waals surface area (Å²) in [4.78, 5) is 10.8. The Morgan fingerprint density at radius 3 is 2.80 bits per heavy atom. The normalized spacial score (nSPS) is 12.1. The van der Waals surface area contributed by atoms with Gasteiger partial charge >= 0.3 is 5.97 Å². The summed E-state index contributed by atoms with van der Waals surface area (Å²) >= 11 is 0. The Morgan fingerprint density at radius 1 is 1.60 bits per heavy atom. The molecule has 0 aliphatic rings. The van der Waals surface area contributed by atoms with Crippen molar-refractivity contribution in [1.82, 2.24) is 0 Å². The van der Waals surface area contributed by atoms with Gasteiger partial charge in [0.25, 0.3) is 0 Å². The van der Waals surface area contributed by atoms with Gasteiger partial charge in [-0.3, -0.25) is 0 Å². The van der Waals surface area contributed by atoms with Gasteiger partial charge in [0, 0.05) is 0 Å². The van der Waals surface area contributed by atoms with Crippen LogP contribution < -0.4 is 10.5 Å². The number of nitrogens with two attached hydrogens (primary N) is 1. The van der Waals surface area contributed by atoms with Crippen molar-refractivity contribution in [1.29, 1.82) is 0 Å². The van der Waals surface area contributed by atoms with E-state index in [-0.39, 0.29) is 0 Å². The number of rotatable bonds is 4. The summed E-state index contributed by atoms with van der Waals surface area (Å²) in [5.74, 6) is -0.539. The maximum Gasteiger partial charge on any atom is 0.344 e. The number of carboxylic acid groups (broad SMARTS) is 1. The first-order valence-corrected chi connectivity index (χ1v) is 4.80. The Hall–Kier alpha value is -1.71. The molecule has 0 spiro atoms. The summed E-state index contributed by atoms with van der Waals surface area (Å²) in [6, 6.07) is 5.30. The van der Waals surface area contributed by atoms with Gasteiger partial charge in [-0.05, 0) is 31.0 Å². The summed E-state index contributed by atoms with van der Waals surface area (Å²) in [6.07, 6.45) is -0.433. The highest BCUT2D eigenvalue weighted by Crippen LogP contribution is 2.24. The van der Waals surface area contributed by atoms with Crippen LogP contribution in [0.15, 0.2) is 18.2 Å². The average molecular weight is 209 g/mol. The number of aliphatic carboxylic acids is 1. The van der Waals surface area contributed by atoms with Crippen LogP contribution in [0.2, 0.25) is 0 Å². The number of carboxylic acids is 1. The van der Waals surface area contributed by atoms with Gasteiger partial charge < -0.3 is 15.6 Å². The van der Waals surface area contributed by atoms with Gasteiger partial charge in [0.15, 0.2) is 6.10 Å². The number of benzene rings is 1. The smallest absolute Gasteiger partial charge is 0.344 e. The van der Waals surface area contributed by atoms with E-state index in [2.05, 4.69) is 0 Å². The summed E-state index contributed by atoms with van der Waals surface area (Å²) in [7, 11) is 0. The van der Waals surface area contributed by atoms with Crippen molar-refractivity contribution in [3.05, 3.63) is 23.8 Å². The van der Waals surface area contributed by atoms with Crippen LogP contribution in [0.1, 0.15) is 18.9 Å². The van der Waals surface area contributed by atoms with E-state index in [4.69, 9.17) is 15.6 Å². The molecule has 0 saturated carbocycles. The van der Waals surface area contributed by atoms with Crippen LogP contribution in [0.25, 0.3) is 0 Å². The topological polar surface area (TPSA) is 72.5 Å². The molecule has 0 amide bonds. The number of carbonyl (C=O) groups is 1. The number of ether oxygens (including phenoxy) is 1. The van der Waals surface area contributed by atoms with E-state index in [9.17, 15) is 4.79 Å². The van der Waals surface area contributed by atoms with E-state index in [1.54, 1.807) is 19.1 Å². The highest BCUT2D eigenvalue weighted by molar-refractivity contribution is 5.73. The molecule has 1 aromatic carbocycles. The zero-order chi connectivity index (χ0) is 11.4. The maximum absolute atomic E-state index is 10.8. The number of hydrogen-bond acceptors (Lipinski definition) is 3. The Kier molecular flexibility index (Phi) is 3.55. The van der Waals surface area contributed by atoms with Crippen LogP contribution in [0.4, 0.5) is 5.69 Å². The molecule has 0 fully saturated rings. The van der Waals surface area contributed by atoms with Crippen molar-refractivity contribution < 1.29 is 14.6 Å². The minimum Gasteiger partial charge on any atom is -0.479 e. The summed E-state index contributed by atoms with van der Waals surface area (Å²) in [6.45, 7) is 3.65. The molecule has 1 atom stereocenters. The highest BCUT2D eigenvalue weighted by atomic mass is 16.5. The molecule has 0 aliphatic carbocycles. The third-order valence-corrected chi connectivity index (χ3v) is 2.08.